The van der Waals surface area contributed by atoms with Gasteiger partial charge in [-0.05, 0) is 44.9 Å². The average molecular weight is 345 g/mol. The highest BCUT2D eigenvalue weighted by atomic mass is 16.6. The number of nitrogens with zero attached hydrogens (tertiary/aromatic N) is 1. The molecule has 0 radical (unpaired) electrons. The third kappa shape index (κ3) is 8.20. The first kappa shape index (κ1) is 20.5. The third-order valence-electron chi connectivity index (χ3n) is 3.36. The van der Waals surface area contributed by atoms with Crippen molar-refractivity contribution < 1.29 is 14.3 Å². The molecule has 0 aliphatic rings. The maximum Gasteiger partial charge on any atom is 0.408 e. The molecule has 25 heavy (non-hydrogen) atoms. The van der Waals surface area contributed by atoms with E-state index in [1.807, 2.05) is 6.92 Å². The van der Waals surface area contributed by atoms with Crippen LogP contribution in [-0.4, -0.2) is 30.2 Å². The molecule has 6 heteroatoms. The highest BCUT2D eigenvalue weighted by Crippen LogP contribution is 2.10. The van der Waals surface area contributed by atoms with E-state index in [1.165, 1.54) is 0 Å². The van der Waals surface area contributed by atoms with Crippen molar-refractivity contribution in [2.75, 3.05) is 6.54 Å². The minimum Gasteiger partial charge on any atom is -0.444 e. The fourth-order valence-electron chi connectivity index (χ4n) is 2.12. The molecular weight excluding hydrogens is 318 g/mol. The van der Waals surface area contributed by atoms with Crippen LogP contribution in [0.25, 0.3) is 0 Å². The molecule has 0 fully saturated rings. The first-order chi connectivity index (χ1) is 11.7. The standard InChI is InChI=1S/C19H27N3O3/c1-5-6-11-21-17(23)16(22-18(24)25-19(2,3)4)12-14-7-9-15(13-20)10-8-14/h7-10,16H,5-6,11-12H2,1-4H3,(H,21,23)(H,22,24)/t16-/m0/s1. The molecule has 0 unspecified atom stereocenters. The number of nitriles is 1. The zero-order valence-corrected chi connectivity index (χ0v) is 15.4. The fraction of sp³-hybridized carbons (Fsp3) is 0.526. The molecule has 0 aliphatic heterocycles. The minimum absolute atomic E-state index is 0.247. The van der Waals surface area contributed by atoms with Gasteiger partial charge in [-0.1, -0.05) is 25.5 Å². The predicted molar refractivity (Wildman–Crippen MR) is 95.9 cm³/mol. The molecule has 1 aromatic carbocycles. The van der Waals surface area contributed by atoms with Crippen molar-refractivity contribution in [1.82, 2.24) is 10.6 Å². The van der Waals surface area contributed by atoms with Gasteiger partial charge in [0.15, 0.2) is 0 Å². The van der Waals surface area contributed by atoms with Crippen molar-refractivity contribution in [3.05, 3.63) is 35.4 Å². The fourth-order valence-corrected chi connectivity index (χ4v) is 2.12. The van der Waals surface area contributed by atoms with Gasteiger partial charge >= 0.3 is 6.09 Å². The normalized spacial score (nSPS) is 12.0. The second-order valence-electron chi connectivity index (χ2n) is 6.86. The van der Waals surface area contributed by atoms with Crippen LogP contribution >= 0.6 is 0 Å². The molecule has 136 valence electrons. The Labute approximate surface area is 149 Å². The molecular formula is C19H27N3O3. The van der Waals surface area contributed by atoms with Gasteiger partial charge in [-0.25, -0.2) is 4.79 Å². The number of carbonyl (C=O) groups is 2. The summed E-state index contributed by atoms with van der Waals surface area (Å²) < 4.78 is 5.25. The topological polar surface area (TPSA) is 91.2 Å². The van der Waals surface area contributed by atoms with Gasteiger partial charge < -0.3 is 15.4 Å². The summed E-state index contributed by atoms with van der Waals surface area (Å²) in [7, 11) is 0. The number of carbonyl (C=O) groups excluding carboxylic acids is 2. The second kappa shape index (κ2) is 9.67. The van der Waals surface area contributed by atoms with Crippen LogP contribution in [-0.2, 0) is 16.0 Å². The molecule has 0 aromatic heterocycles. The van der Waals surface area contributed by atoms with Gasteiger partial charge in [0.1, 0.15) is 11.6 Å². The van der Waals surface area contributed by atoms with Crippen LogP contribution in [0.4, 0.5) is 4.79 Å². The number of benzene rings is 1. The van der Waals surface area contributed by atoms with Crippen molar-refractivity contribution in [2.24, 2.45) is 0 Å². The summed E-state index contributed by atoms with van der Waals surface area (Å²) in [4.78, 5) is 24.5. The van der Waals surface area contributed by atoms with E-state index < -0.39 is 17.7 Å². The van der Waals surface area contributed by atoms with E-state index in [-0.39, 0.29) is 5.91 Å². The maximum atomic E-state index is 12.4. The van der Waals surface area contributed by atoms with Crippen molar-refractivity contribution in [2.45, 2.75) is 58.6 Å². The first-order valence-electron chi connectivity index (χ1n) is 8.51. The van der Waals surface area contributed by atoms with E-state index in [9.17, 15) is 9.59 Å². The summed E-state index contributed by atoms with van der Waals surface area (Å²) in [5.41, 5.74) is 0.764. The molecule has 0 saturated heterocycles. The lowest BCUT2D eigenvalue weighted by atomic mass is 10.0. The Kier molecular flexibility index (Phi) is 7.93. The van der Waals surface area contributed by atoms with Crippen molar-refractivity contribution >= 4 is 12.0 Å². The van der Waals surface area contributed by atoms with Gasteiger partial charge in [0.25, 0.3) is 0 Å². The number of alkyl carbamates (subject to hydrolysis) is 1. The lowest BCUT2D eigenvalue weighted by Gasteiger charge is -2.23. The van der Waals surface area contributed by atoms with E-state index in [2.05, 4.69) is 16.7 Å². The van der Waals surface area contributed by atoms with Gasteiger partial charge in [0, 0.05) is 13.0 Å². The van der Waals surface area contributed by atoms with E-state index in [1.54, 1.807) is 45.0 Å². The van der Waals surface area contributed by atoms with Crippen LogP contribution in [0.15, 0.2) is 24.3 Å². The molecule has 0 aliphatic carbocycles. The summed E-state index contributed by atoms with van der Waals surface area (Å²) in [6.07, 6.45) is 1.54. The lowest BCUT2D eigenvalue weighted by Crippen LogP contribution is -2.49. The van der Waals surface area contributed by atoms with Gasteiger partial charge in [-0.3, -0.25) is 4.79 Å². The van der Waals surface area contributed by atoms with Gasteiger partial charge in [-0.15, -0.1) is 0 Å². The number of hydrogen-bond acceptors (Lipinski definition) is 4. The Morgan fingerprint density at radius 3 is 2.40 bits per heavy atom. The van der Waals surface area contributed by atoms with E-state index in [0.29, 0.717) is 18.5 Å². The van der Waals surface area contributed by atoms with Gasteiger partial charge in [-0.2, -0.15) is 5.26 Å². The van der Waals surface area contributed by atoms with Crippen molar-refractivity contribution in [3.63, 3.8) is 0 Å². The number of rotatable bonds is 7. The molecule has 0 bridgehead atoms. The van der Waals surface area contributed by atoms with Crippen LogP contribution in [0.2, 0.25) is 0 Å². The van der Waals surface area contributed by atoms with Gasteiger partial charge in [0.05, 0.1) is 11.6 Å². The van der Waals surface area contributed by atoms with Crippen LogP contribution in [0.1, 0.15) is 51.7 Å². The van der Waals surface area contributed by atoms with Crippen LogP contribution in [0.3, 0.4) is 0 Å². The predicted octanol–water partition coefficient (Wildman–Crippen LogP) is 2.91. The first-order valence-corrected chi connectivity index (χ1v) is 8.51. The van der Waals surface area contributed by atoms with Crippen LogP contribution < -0.4 is 10.6 Å². The molecule has 1 rings (SSSR count). The second-order valence-corrected chi connectivity index (χ2v) is 6.86. The SMILES string of the molecule is CCCCNC(=O)[C@H](Cc1ccc(C#N)cc1)NC(=O)OC(C)(C)C. The zero-order valence-electron chi connectivity index (χ0n) is 15.4. The quantitative estimate of drug-likeness (QED) is 0.743. The van der Waals surface area contributed by atoms with Crippen molar-refractivity contribution in [1.29, 1.82) is 5.26 Å². The summed E-state index contributed by atoms with van der Waals surface area (Å²) >= 11 is 0. The van der Waals surface area contributed by atoms with Crippen molar-refractivity contribution in [3.8, 4) is 6.07 Å². The number of amides is 2. The van der Waals surface area contributed by atoms with Crippen LogP contribution in [0.5, 0.6) is 0 Å². The summed E-state index contributed by atoms with van der Waals surface area (Å²) in [5.74, 6) is -0.247. The molecule has 1 aromatic rings. The summed E-state index contributed by atoms with van der Waals surface area (Å²) in [6.45, 7) is 7.91. The number of unbranched alkanes of at least 4 members (excludes halogenated alkanes) is 1. The highest BCUT2D eigenvalue weighted by molar-refractivity contribution is 5.86. The smallest absolute Gasteiger partial charge is 0.408 e. The minimum atomic E-state index is -0.736. The zero-order chi connectivity index (χ0) is 18.9. The molecule has 0 heterocycles. The lowest BCUT2D eigenvalue weighted by molar-refractivity contribution is -0.123. The Morgan fingerprint density at radius 1 is 1.24 bits per heavy atom. The molecule has 1 atom stereocenters. The average Bonchev–Trinajstić information content (AvgIpc) is 2.53. The summed E-state index contributed by atoms with van der Waals surface area (Å²) in [5, 5.41) is 14.3. The molecule has 6 nitrogen and oxygen atoms in total. The number of hydrogen-bond donors (Lipinski definition) is 2. The van der Waals surface area contributed by atoms with Gasteiger partial charge in [0.2, 0.25) is 5.91 Å². The van der Waals surface area contributed by atoms with Crippen LogP contribution in [0, 0.1) is 11.3 Å². The summed E-state index contributed by atoms with van der Waals surface area (Å²) in [6, 6.07) is 8.25. The Bertz CT molecular complexity index is 612. The molecule has 2 N–H and O–H groups in total. The molecule has 0 saturated carbocycles. The van der Waals surface area contributed by atoms with E-state index in [4.69, 9.17) is 10.00 Å². The molecule has 2 amide bonds. The Hall–Kier alpha value is -2.55. The number of ether oxygens (including phenoxy) is 1. The highest BCUT2D eigenvalue weighted by Gasteiger charge is 2.24. The monoisotopic (exact) mass is 345 g/mol. The third-order valence-corrected chi connectivity index (χ3v) is 3.36. The maximum absolute atomic E-state index is 12.4. The van der Waals surface area contributed by atoms with E-state index in [0.717, 1.165) is 18.4 Å². The molecule has 0 spiro atoms. The largest absolute Gasteiger partial charge is 0.444 e. The van der Waals surface area contributed by atoms with E-state index >= 15 is 0 Å². The Balaban J connectivity index is 2.80. The number of nitrogens with one attached hydrogen (secondary N) is 2. The Morgan fingerprint density at radius 2 is 1.88 bits per heavy atom.